The third-order valence-corrected chi connectivity index (χ3v) is 5.02. The molecule has 1 N–H and O–H groups in total. The average Bonchev–Trinajstić information content (AvgIpc) is 2.74. The highest BCUT2D eigenvalue weighted by Gasteiger charge is 2.26. The zero-order valence-corrected chi connectivity index (χ0v) is 15.0. The van der Waals surface area contributed by atoms with E-state index in [1.165, 1.54) is 0 Å². The Morgan fingerprint density at radius 1 is 0.926 bits per heavy atom. The van der Waals surface area contributed by atoms with Gasteiger partial charge in [0, 0.05) is 36.3 Å². The molecule has 5 nitrogen and oxygen atoms in total. The minimum absolute atomic E-state index is 0.00661. The second-order valence-electron chi connectivity index (χ2n) is 6.79. The summed E-state index contributed by atoms with van der Waals surface area (Å²) in [4.78, 5) is 31.5. The molecule has 2 amide bonds. The van der Waals surface area contributed by atoms with Crippen molar-refractivity contribution in [2.24, 2.45) is 0 Å². The van der Waals surface area contributed by atoms with E-state index in [1.807, 2.05) is 65.6 Å². The molecule has 2 aromatic carbocycles. The standard InChI is InChI=1S/C22H21N3O2/c26-21(17-6-2-1-3-7-17)24-18-11-14-25(15-12-18)22(27)19-10-4-8-16-9-5-13-23-20(16)19/h1-10,13,18H,11-12,14-15H2,(H,24,26). The first-order chi connectivity index (χ1) is 13.2. The smallest absolute Gasteiger partial charge is 0.256 e. The van der Waals surface area contributed by atoms with Crippen LogP contribution in [-0.2, 0) is 0 Å². The fourth-order valence-corrected chi connectivity index (χ4v) is 3.53. The van der Waals surface area contributed by atoms with Gasteiger partial charge in [-0.3, -0.25) is 14.6 Å². The summed E-state index contributed by atoms with van der Waals surface area (Å²) in [6, 6.07) is 18.8. The third kappa shape index (κ3) is 3.67. The molecule has 136 valence electrons. The first-order valence-corrected chi connectivity index (χ1v) is 9.21. The fraction of sp³-hybridized carbons (Fsp3) is 0.227. The SMILES string of the molecule is O=C(NC1CCN(C(=O)c2cccc3cccnc23)CC1)c1ccccc1. The molecule has 1 aliphatic heterocycles. The quantitative estimate of drug-likeness (QED) is 0.781. The summed E-state index contributed by atoms with van der Waals surface area (Å²) in [5.74, 6) is -0.0502. The van der Waals surface area contributed by atoms with Crippen molar-refractivity contribution in [2.45, 2.75) is 18.9 Å². The van der Waals surface area contributed by atoms with Gasteiger partial charge in [-0.25, -0.2) is 0 Å². The van der Waals surface area contributed by atoms with E-state index in [0.29, 0.717) is 24.2 Å². The second kappa shape index (κ2) is 7.58. The lowest BCUT2D eigenvalue weighted by molar-refractivity contribution is 0.0700. The minimum atomic E-state index is -0.0568. The molecule has 1 fully saturated rings. The number of fused-ring (bicyclic) bond motifs is 1. The van der Waals surface area contributed by atoms with E-state index in [1.54, 1.807) is 6.20 Å². The van der Waals surface area contributed by atoms with Crippen LogP contribution in [0.25, 0.3) is 10.9 Å². The Morgan fingerprint density at radius 3 is 2.44 bits per heavy atom. The number of nitrogens with one attached hydrogen (secondary N) is 1. The van der Waals surface area contributed by atoms with Crippen LogP contribution in [0.1, 0.15) is 33.6 Å². The van der Waals surface area contributed by atoms with Crippen LogP contribution in [0, 0.1) is 0 Å². The van der Waals surface area contributed by atoms with Crippen LogP contribution in [0.3, 0.4) is 0 Å². The predicted octanol–water partition coefficient (Wildman–Crippen LogP) is 3.27. The van der Waals surface area contributed by atoms with Crippen molar-refractivity contribution in [3.05, 3.63) is 78.0 Å². The van der Waals surface area contributed by atoms with Gasteiger partial charge in [-0.05, 0) is 37.1 Å². The molecule has 2 heterocycles. The summed E-state index contributed by atoms with van der Waals surface area (Å²) < 4.78 is 0. The fourth-order valence-electron chi connectivity index (χ4n) is 3.53. The Kier molecular flexibility index (Phi) is 4.83. The normalized spacial score (nSPS) is 14.9. The molecule has 0 radical (unpaired) electrons. The third-order valence-electron chi connectivity index (χ3n) is 5.02. The summed E-state index contributed by atoms with van der Waals surface area (Å²) in [5.41, 5.74) is 2.04. The Bertz CT molecular complexity index is 958. The van der Waals surface area contributed by atoms with Crippen molar-refractivity contribution in [2.75, 3.05) is 13.1 Å². The van der Waals surface area contributed by atoms with Crippen LogP contribution < -0.4 is 5.32 Å². The Morgan fingerprint density at radius 2 is 1.67 bits per heavy atom. The Balaban J connectivity index is 1.40. The van der Waals surface area contributed by atoms with E-state index >= 15 is 0 Å². The lowest BCUT2D eigenvalue weighted by Crippen LogP contribution is -2.46. The maximum atomic E-state index is 13.0. The van der Waals surface area contributed by atoms with Gasteiger partial charge in [-0.15, -0.1) is 0 Å². The molecule has 0 bridgehead atoms. The molecular weight excluding hydrogens is 338 g/mol. The molecule has 1 aromatic heterocycles. The van der Waals surface area contributed by atoms with Gasteiger partial charge in [0.05, 0.1) is 11.1 Å². The number of amides is 2. The molecule has 0 aliphatic carbocycles. The maximum Gasteiger partial charge on any atom is 0.256 e. The summed E-state index contributed by atoms with van der Waals surface area (Å²) in [6.45, 7) is 1.25. The zero-order chi connectivity index (χ0) is 18.6. The Labute approximate surface area is 158 Å². The zero-order valence-electron chi connectivity index (χ0n) is 15.0. The number of hydrogen-bond donors (Lipinski definition) is 1. The highest BCUT2D eigenvalue weighted by atomic mass is 16.2. The number of nitrogens with zero attached hydrogens (tertiary/aromatic N) is 2. The van der Waals surface area contributed by atoms with Crippen LogP contribution >= 0.6 is 0 Å². The van der Waals surface area contributed by atoms with Crippen LogP contribution in [0.5, 0.6) is 0 Å². The minimum Gasteiger partial charge on any atom is -0.349 e. The topological polar surface area (TPSA) is 62.3 Å². The largest absolute Gasteiger partial charge is 0.349 e. The van der Waals surface area contributed by atoms with E-state index in [4.69, 9.17) is 0 Å². The molecule has 0 spiro atoms. The molecule has 0 unspecified atom stereocenters. The summed E-state index contributed by atoms with van der Waals surface area (Å²) in [6.07, 6.45) is 3.22. The van der Waals surface area contributed by atoms with E-state index in [-0.39, 0.29) is 17.9 Å². The molecule has 1 saturated heterocycles. The number of benzene rings is 2. The summed E-state index contributed by atoms with van der Waals surface area (Å²) in [7, 11) is 0. The maximum absolute atomic E-state index is 13.0. The van der Waals surface area contributed by atoms with Crippen molar-refractivity contribution in [1.82, 2.24) is 15.2 Å². The van der Waals surface area contributed by atoms with Crippen molar-refractivity contribution in [3.63, 3.8) is 0 Å². The van der Waals surface area contributed by atoms with Gasteiger partial charge in [0.1, 0.15) is 0 Å². The van der Waals surface area contributed by atoms with Crippen LogP contribution in [0.15, 0.2) is 66.9 Å². The summed E-state index contributed by atoms with van der Waals surface area (Å²) >= 11 is 0. The molecule has 1 aliphatic rings. The van der Waals surface area contributed by atoms with Crippen molar-refractivity contribution in [1.29, 1.82) is 0 Å². The first kappa shape index (κ1) is 17.2. The second-order valence-corrected chi connectivity index (χ2v) is 6.79. The van der Waals surface area contributed by atoms with Crippen molar-refractivity contribution in [3.8, 4) is 0 Å². The van der Waals surface area contributed by atoms with Gasteiger partial charge in [-0.1, -0.05) is 36.4 Å². The summed E-state index contributed by atoms with van der Waals surface area (Å²) in [5, 5.41) is 4.04. The van der Waals surface area contributed by atoms with Crippen LogP contribution in [-0.4, -0.2) is 40.8 Å². The van der Waals surface area contributed by atoms with Gasteiger partial charge >= 0.3 is 0 Å². The molecule has 3 aromatic rings. The average molecular weight is 359 g/mol. The number of piperidine rings is 1. The number of aromatic nitrogens is 1. The van der Waals surface area contributed by atoms with Crippen LogP contribution in [0.4, 0.5) is 0 Å². The van der Waals surface area contributed by atoms with Gasteiger partial charge in [0.15, 0.2) is 0 Å². The molecule has 27 heavy (non-hydrogen) atoms. The number of rotatable bonds is 3. The predicted molar refractivity (Wildman–Crippen MR) is 105 cm³/mol. The molecular formula is C22H21N3O2. The van der Waals surface area contributed by atoms with Gasteiger partial charge in [0.2, 0.25) is 0 Å². The monoisotopic (exact) mass is 359 g/mol. The number of likely N-dealkylation sites (tertiary alicyclic amines) is 1. The highest BCUT2D eigenvalue weighted by Crippen LogP contribution is 2.20. The molecule has 5 heteroatoms. The van der Waals surface area contributed by atoms with Gasteiger partial charge < -0.3 is 10.2 Å². The van der Waals surface area contributed by atoms with E-state index in [9.17, 15) is 9.59 Å². The molecule has 0 saturated carbocycles. The van der Waals surface area contributed by atoms with E-state index in [0.717, 1.165) is 23.7 Å². The highest BCUT2D eigenvalue weighted by molar-refractivity contribution is 6.05. The molecule has 0 atom stereocenters. The number of pyridine rings is 1. The number of carbonyl (C=O) groups is 2. The van der Waals surface area contributed by atoms with Gasteiger partial charge in [0.25, 0.3) is 11.8 Å². The Hall–Kier alpha value is -3.21. The van der Waals surface area contributed by atoms with Crippen molar-refractivity contribution >= 4 is 22.7 Å². The molecule has 4 rings (SSSR count). The van der Waals surface area contributed by atoms with Crippen molar-refractivity contribution < 1.29 is 9.59 Å². The van der Waals surface area contributed by atoms with Gasteiger partial charge in [-0.2, -0.15) is 0 Å². The van der Waals surface area contributed by atoms with Crippen LogP contribution in [0.2, 0.25) is 0 Å². The first-order valence-electron chi connectivity index (χ1n) is 9.21. The van der Waals surface area contributed by atoms with E-state index < -0.39 is 0 Å². The number of carbonyl (C=O) groups excluding carboxylic acids is 2. The number of para-hydroxylation sites is 1. The number of hydrogen-bond acceptors (Lipinski definition) is 3. The lowest BCUT2D eigenvalue weighted by atomic mass is 10.0. The van der Waals surface area contributed by atoms with E-state index in [2.05, 4.69) is 10.3 Å². The lowest BCUT2D eigenvalue weighted by Gasteiger charge is -2.32.